The molecule has 0 aliphatic rings. The van der Waals surface area contributed by atoms with E-state index in [9.17, 15) is 0 Å². The number of nitrogens with one attached hydrogen (secondary N) is 1. The van der Waals surface area contributed by atoms with Crippen LogP contribution in [-0.4, -0.2) is 6.54 Å². The normalized spacial score (nSPS) is 11.2. The van der Waals surface area contributed by atoms with Crippen molar-refractivity contribution in [1.29, 1.82) is 0 Å². The van der Waals surface area contributed by atoms with E-state index in [1.807, 2.05) is 11.3 Å². The predicted octanol–water partition coefficient (Wildman–Crippen LogP) is 4.73. The lowest BCUT2D eigenvalue weighted by Gasteiger charge is -2.03. The fourth-order valence-electron chi connectivity index (χ4n) is 2.09. The number of hydrogen-bond acceptors (Lipinski definition) is 2. The van der Waals surface area contributed by atoms with Gasteiger partial charge in [0.1, 0.15) is 0 Å². The lowest BCUT2D eigenvalue weighted by atomic mass is 10.1. The standard InChI is InChI=1S/C14H18BrNS/c1-3-8-16-9-13-10(4-2)11-6-5-7-12(15)14(11)17-13/h5-7,16H,3-4,8-9H2,1-2H3. The van der Waals surface area contributed by atoms with Crippen LogP contribution in [0.25, 0.3) is 10.1 Å². The van der Waals surface area contributed by atoms with Gasteiger partial charge in [-0.2, -0.15) is 0 Å². The number of thiophene rings is 1. The Balaban J connectivity index is 2.38. The van der Waals surface area contributed by atoms with Crippen molar-refractivity contribution in [3.05, 3.63) is 33.1 Å². The Hall–Kier alpha value is -0.380. The molecule has 17 heavy (non-hydrogen) atoms. The molecule has 3 heteroatoms. The van der Waals surface area contributed by atoms with E-state index in [-0.39, 0.29) is 0 Å². The highest BCUT2D eigenvalue weighted by atomic mass is 79.9. The number of halogens is 1. The summed E-state index contributed by atoms with van der Waals surface area (Å²) in [6, 6.07) is 6.49. The molecule has 1 aromatic heterocycles. The quantitative estimate of drug-likeness (QED) is 0.787. The van der Waals surface area contributed by atoms with Gasteiger partial charge in [0.15, 0.2) is 0 Å². The Bertz CT molecular complexity index is 504. The van der Waals surface area contributed by atoms with E-state index in [0.29, 0.717) is 0 Å². The van der Waals surface area contributed by atoms with E-state index < -0.39 is 0 Å². The first-order valence-corrected chi connectivity index (χ1v) is 7.78. The molecule has 0 saturated carbocycles. The van der Waals surface area contributed by atoms with Gasteiger partial charge < -0.3 is 5.32 Å². The van der Waals surface area contributed by atoms with Crippen LogP contribution < -0.4 is 5.32 Å². The summed E-state index contributed by atoms with van der Waals surface area (Å²) in [5.74, 6) is 0. The number of aryl methyl sites for hydroxylation is 1. The Morgan fingerprint density at radius 2 is 2.12 bits per heavy atom. The van der Waals surface area contributed by atoms with E-state index in [1.54, 1.807) is 0 Å². The van der Waals surface area contributed by atoms with Gasteiger partial charge in [-0.3, -0.25) is 0 Å². The summed E-state index contributed by atoms with van der Waals surface area (Å²) in [7, 11) is 0. The molecular weight excluding hydrogens is 294 g/mol. The van der Waals surface area contributed by atoms with Crippen LogP contribution in [0.15, 0.2) is 22.7 Å². The van der Waals surface area contributed by atoms with Gasteiger partial charge in [-0.25, -0.2) is 0 Å². The SMILES string of the molecule is CCCNCc1sc2c(Br)cccc2c1CC. The van der Waals surface area contributed by atoms with Crippen molar-refractivity contribution in [1.82, 2.24) is 5.32 Å². The molecule has 0 aliphatic carbocycles. The molecule has 0 radical (unpaired) electrons. The van der Waals surface area contributed by atoms with Crippen LogP contribution in [-0.2, 0) is 13.0 Å². The van der Waals surface area contributed by atoms with Gasteiger partial charge >= 0.3 is 0 Å². The second-order valence-electron chi connectivity index (χ2n) is 4.15. The number of fused-ring (bicyclic) bond motifs is 1. The van der Waals surface area contributed by atoms with Gasteiger partial charge in [0.05, 0.1) is 0 Å². The Kier molecular flexibility index (Phi) is 4.60. The van der Waals surface area contributed by atoms with Crippen LogP contribution in [0.2, 0.25) is 0 Å². The second-order valence-corrected chi connectivity index (χ2v) is 6.11. The largest absolute Gasteiger partial charge is 0.312 e. The molecule has 0 atom stereocenters. The number of rotatable bonds is 5. The molecule has 0 unspecified atom stereocenters. The first-order valence-electron chi connectivity index (χ1n) is 6.17. The van der Waals surface area contributed by atoms with E-state index in [1.165, 1.54) is 31.4 Å². The fraction of sp³-hybridized carbons (Fsp3) is 0.429. The molecule has 0 saturated heterocycles. The van der Waals surface area contributed by atoms with Crippen LogP contribution in [0, 0.1) is 0 Å². The third kappa shape index (κ3) is 2.72. The topological polar surface area (TPSA) is 12.0 Å². The Morgan fingerprint density at radius 3 is 2.82 bits per heavy atom. The lowest BCUT2D eigenvalue weighted by molar-refractivity contribution is 0.679. The van der Waals surface area contributed by atoms with Gasteiger partial charge in [0.2, 0.25) is 0 Å². The van der Waals surface area contributed by atoms with Gasteiger partial charge in [-0.1, -0.05) is 26.0 Å². The third-order valence-corrected chi connectivity index (χ3v) is 5.12. The van der Waals surface area contributed by atoms with Gasteiger partial charge in [0, 0.05) is 20.6 Å². The minimum atomic E-state index is 1.00. The smallest absolute Gasteiger partial charge is 0.0491 e. The highest BCUT2D eigenvalue weighted by molar-refractivity contribution is 9.10. The van der Waals surface area contributed by atoms with Crippen LogP contribution in [0.3, 0.4) is 0 Å². The molecule has 1 N–H and O–H groups in total. The molecule has 1 nitrogen and oxygen atoms in total. The maximum Gasteiger partial charge on any atom is 0.0491 e. The molecule has 1 heterocycles. The summed E-state index contributed by atoms with van der Waals surface area (Å²) in [5.41, 5.74) is 1.51. The molecule has 0 spiro atoms. The minimum Gasteiger partial charge on any atom is -0.312 e. The highest BCUT2D eigenvalue weighted by Gasteiger charge is 2.11. The zero-order chi connectivity index (χ0) is 12.3. The van der Waals surface area contributed by atoms with Crippen molar-refractivity contribution in [2.75, 3.05) is 6.54 Å². The molecule has 0 aliphatic heterocycles. The van der Waals surface area contributed by atoms with Crippen LogP contribution >= 0.6 is 27.3 Å². The molecule has 2 aromatic rings. The van der Waals surface area contributed by atoms with Crippen LogP contribution in [0.5, 0.6) is 0 Å². The van der Waals surface area contributed by atoms with E-state index in [0.717, 1.165) is 19.5 Å². The summed E-state index contributed by atoms with van der Waals surface area (Å²) >= 11 is 5.56. The average Bonchev–Trinajstić information content (AvgIpc) is 2.69. The van der Waals surface area contributed by atoms with Crippen molar-refractivity contribution in [3.8, 4) is 0 Å². The van der Waals surface area contributed by atoms with E-state index >= 15 is 0 Å². The van der Waals surface area contributed by atoms with E-state index in [4.69, 9.17) is 0 Å². The van der Waals surface area contributed by atoms with Crippen molar-refractivity contribution < 1.29 is 0 Å². The minimum absolute atomic E-state index is 1.00. The summed E-state index contributed by atoms with van der Waals surface area (Å²) in [4.78, 5) is 1.49. The van der Waals surface area contributed by atoms with Crippen molar-refractivity contribution in [2.45, 2.75) is 33.2 Å². The van der Waals surface area contributed by atoms with Crippen LogP contribution in [0.4, 0.5) is 0 Å². The second kappa shape index (κ2) is 5.98. The number of benzene rings is 1. The van der Waals surface area contributed by atoms with Gasteiger partial charge in [-0.15, -0.1) is 11.3 Å². The first kappa shape index (κ1) is 13.1. The average molecular weight is 312 g/mol. The summed E-state index contributed by atoms with van der Waals surface area (Å²) in [5, 5.41) is 4.92. The number of hydrogen-bond donors (Lipinski definition) is 1. The van der Waals surface area contributed by atoms with E-state index in [2.05, 4.69) is 53.3 Å². The van der Waals surface area contributed by atoms with Crippen molar-refractivity contribution in [3.63, 3.8) is 0 Å². The first-order chi connectivity index (χ1) is 8.27. The van der Waals surface area contributed by atoms with Gasteiger partial charge in [-0.05, 0) is 52.3 Å². The Morgan fingerprint density at radius 1 is 1.29 bits per heavy atom. The fourth-order valence-corrected chi connectivity index (χ4v) is 3.97. The molecular formula is C14H18BrNS. The summed E-state index contributed by atoms with van der Waals surface area (Å²) in [6.07, 6.45) is 2.30. The summed E-state index contributed by atoms with van der Waals surface area (Å²) < 4.78 is 2.61. The predicted molar refractivity (Wildman–Crippen MR) is 80.9 cm³/mol. The van der Waals surface area contributed by atoms with Crippen molar-refractivity contribution >= 4 is 37.4 Å². The molecule has 0 fully saturated rings. The molecule has 0 bridgehead atoms. The maximum absolute atomic E-state index is 3.65. The third-order valence-electron chi connectivity index (χ3n) is 2.92. The monoisotopic (exact) mass is 311 g/mol. The lowest BCUT2D eigenvalue weighted by Crippen LogP contribution is -2.13. The van der Waals surface area contributed by atoms with Crippen molar-refractivity contribution in [2.24, 2.45) is 0 Å². The molecule has 92 valence electrons. The highest BCUT2D eigenvalue weighted by Crippen LogP contribution is 2.36. The van der Waals surface area contributed by atoms with Gasteiger partial charge in [0.25, 0.3) is 0 Å². The zero-order valence-electron chi connectivity index (χ0n) is 10.3. The summed E-state index contributed by atoms with van der Waals surface area (Å²) in [6.45, 7) is 6.54. The Labute approximate surface area is 115 Å². The van der Waals surface area contributed by atoms with Crippen LogP contribution in [0.1, 0.15) is 30.7 Å². The molecule has 0 amide bonds. The maximum atomic E-state index is 3.65. The molecule has 1 aromatic carbocycles. The molecule has 2 rings (SSSR count). The zero-order valence-corrected chi connectivity index (χ0v) is 12.7.